The van der Waals surface area contributed by atoms with Gasteiger partial charge in [-0.2, -0.15) is 0 Å². The Kier molecular flexibility index (Phi) is 4.70. The van der Waals surface area contributed by atoms with Gasteiger partial charge in [-0.3, -0.25) is 4.99 Å². The number of carboxylic acid groups (broad SMARTS) is 1. The molecule has 0 bridgehead atoms. The number of aliphatic imine (C=N–C) groups is 1. The highest BCUT2D eigenvalue weighted by Gasteiger charge is 2.20. The summed E-state index contributed by atoms with van der Waals surface area (Å²) in [6.07, 6.45) is 1.01. The number of nitrogens with zero attached hydrogens (tertiary/aromatic N) is 1. The number of benzene rings is 1. The molecular formula is C15H21NO3S. The average molecular weight is 295 g/mol. The minimum absolute atomic E-state index is 0.188. The van der Waals surface area contributed by atoms with Crippen LogP contribution in [0.15, 0.2) is 23.2 Å². The third kappa shape index (κ3) is 3.54. The average Bonchev–Trinajstić information content (AvgIpc) is 2.78. The molecule has 0 aromatic heterocycles. The molecule has 0 fully saturated rings. The normalized spacial score (nSPS) is 20.1. The molecule has 0 aliphatic carbocycles. The van der Waals surface area contributed by atoms with Crippen LogP contribution in [0.4, 0.5) is 0 Å². The molecule has 0 saturated heterocycles. The Hall–Kier alpha value is -1.49. The molecule has 1 aromatic carbocycles. The monoisotopic (exact) mass is 295 g/mol. The van der Waals surface area contributed by atoms with Gasteiger partial charge >= 0.3 is 5.97 Å². The Labute approximate surface area is 121 Å². The summed E-state index contributed by atoms with van der Waals surface area (Å²) < 4.78 is 0. The van der Waals surface area contributed by atoms with Gasteiger partial charge in [-0.05, 0) is 36.3 Å². The number of rotatable bonds is 5. The fourth-order valence-corrected chi connectivity index (χ4v) is 4.84. The second-order valence-electron chi connectivity index (χ2n) is 5.47. The summed E-state index contributed by atoms with van der Waals surface area (Å²) in [7, 11) is -0.368. The van der Waals surface area contributed by atoms with Gasteiger partial charge in [-0.1, -0.05) is 13.8 Å². The first kappa shape index (κ1) is 14.9. The number of carboxylic acids is 1. The zero-order valence-electron chi connectivity index (χ0n) is 11.8. The molecule has 1 unspecified atom stereocenters. The number of hydrogen-bond donors (Lipinski definition) is 3. The third-order valence-corrected chi connectivity index (χ3v) is 5.82. The van der Waals surface area contributed by atoms with Gasteiger partial charge in [0.1, 0.15) is 5.75 Å². The molecule has 1 heterocycles. The molecule has 1 aliphatic heterocycles. The number of phenols is 1. The van der Waals surface area contributed by atoms with Crippen LogP contribution in [0.25, 0.3) is 0 Å². The molecule has 2 N–H and O–H groups in total. The molecule has 0 spiro atoms. The van der Waals surface area contributed by atoms with Crippen LogP contribution < -0.4 is 0 Å². The van der Waals surface area contributed by atoms with E-state index in [0.29, 0.717) is 5.92 Å². The summed E-state index contributed by atoms with van der Waals surface area (Å²) in [4.78, 5) is 15.6. The van der Waals surface area contributed by atoms with E-state index in [4.69, 9.17) is 5.11 Å². The Balaban J connectivity index is 2.15. The van der Waals surface area contributed by atoms with E-state index < -0.39 is 5.97 Å². The van der Waals surface area contributed by atoms with Crippen LogP contribution in [0.3, 0.4) is 0 Å². The molecule has 1 aliphatic rings. The minimum Gasteiger partial charge on any atom is -0.508 e. The Morgan fingerprint density at radius 1 is 1.45 bits per heavy atom. The van der Waals surface area contributed by atoms with Gasteiger partial charge in [0.2, 0.25) is 0 Å². The lowest BCUT2D eigenvalue weighted by atomic mass is 10.1. The van der Waals surface area contributed by atoms with Crippen molar-refractivity contribution >= 4 is 21.9 Å². The molecule has 0 amide bonds. The Bertz CT molecular complexity index is 540. The Morgan fingerprint density at radius 2 is 2.20 bits per heavy atom. The van der Waals surface area contributed by atoms with Gasteiger partial charge in [0.05, 0.1) is 5.56 Å². The quantitative estimate of drug-likeness (QED) is 0.731. The zero-order valence-corrected chi connectivity index (χ0v) is 12.7. The maximum absolute atomic E-state index is 11.0. The minimum atomic E-state index is -0.957. The van der Waals surface area contributed by atoms with Crippen LogP contribution in [-0.4, -0.2) is 33.5 Å². The first-order valence-corrected chi connectivity index (χ1v) is 8.52. The summed E-state index contributed by atoms with van der Waals surface area (Å²) in [5.74, 6) is 1.59. The van der Waals surface area contributed by atoms with Crippen LogP contribution >= 0.6 is 10.9 Å². The second-order valence-corrected chi connectivity index (χ2v) is 7.83. The van der Waals surface area contributed by atoms with E-state index in [0.717, 1.165) is 30.0 Å². The third-order valence-electron chi connectivity index (χ3n) is 3.31. The number of thiol groups is 1. The first-order valence-electron chi connectivity index (χ1n) is 6.81. The highest BCUT2D eigenvalue weighted by Crippen LogP contribution is 2.40. The highest BCUT2D eigenvalue weighted by molar-refractivity contribution is 8.29. The number of phenolic OH excluding ortho intramolecular Hbond substituents is 1. The molecule has 110 valence electrons. The van der Waals surface area contributed by atoms with Crippen molar-refractivity contribution in [3.63, 3.8) is 0 Å². The van der Waals surface area contributed by atoms with Gasteiger partial charge < -0.3 is 10.2 Å². The van der Waals surface area contributed by atoms with Crippen molar-refractivity contribution in [1.82, 2.24) is 0 Å². The molecule has 2 rings (SSSR count). The van der Waals surface area contributed by atoms with E-state index >= 15 is 0 Å². The summed E-state index contributed by atoms with van der Waals surface area (Å²) >= 11 is 0. The SMILES string of the molecule is CC(C)CC1=NCC[SH]1Cc1cc(C(=O)O)ccc1O. The van der Waals surface area contributed by atoms with Crippen molar-refractivity contribution in [3.8, 4) is 5.75 Å². The van der Waals surface area contributed by atoms with Gasteiger partial charge in [0, 0.05) is 22.9 Å². The summed E-state index contributed by atoms with van der Waals surface area (Å²) in [5.41, 5.74) is 0.962. The molecule has 1 aromatic rings. The highest BCUT2D eigenvalue weighted by atomic mass is 32.2. The summed E-state index contributed by atoms with van der Waals surface area (Å²) in [6, 6.07) is 4.50. The lowest BCUT2D eigenvalue weighted by molar-refractivity contribution is 0.0697. The Morgan fingerprint density at radius 3 is 2.85 bits per heavy atom. The molecule has 0 saturated carbocycles. The van der Waals surface area contributed by atoms with Crippen molar-refractivity contribution in [3.05, 3.63) is 29.3 Å². The van der Waals surface area contributed by atoms with E-state index in [9.17, 15) is 9.90 Å². The van der Waals surface area contributed by atoms with E-state index in [-0.39, 0.29) is 22.2 Å². The molecule has 0 radical (unpaired) electrons. The summed E-state index contributed by atoms with van der Waals surface area (Å²) in [6.45, 7) is 5.22. The first-order chi connectivity index (χ1) is 9.47. The number of aromatic hydroxyl groups is 1. The maximum Gasteiger partial charge on any atom is 0.335 e. The van der Waals surface area contributed by atoms with Crippen molar-refractivity contribution < 1.29 is 15.0 Å². The van der Waals surface area contributed by atoms with E-state index in [1.165, 1.54) is 17.2 Å². The van der Waals surface area contributed by atoms with Gasteiger partial charge in [-0.25, -0.2) is 15.7 Å². The van der Waals surface area contributed by atoms with E-state index in [2.05, 4.69) is 18.8 Å². The lowest BCUT2D eigenvalue weighted by Gasteiger charge is -2.19. The molecule has 5 heteroatoms. The van der Waals surface area contributed by atoms with Crippen LogP contribution in [-0.2, 0) is 5.75 Å². The summed E-state index contributed by atoms with van der Waals surface area (Å²) in [5, 5.41) is 20.2. The maximum atomic E-state index is 11.0. The molecule has 1 atom stereocenters. The number of carbonyl (C=O) groups is 1. The zero-order chi connectivity index (χ0) is 14.7. The van der Waals surface area contributed by atoms with Crippen molar-refractivity contribution in [2.45, 2.75) is 26.0 Å². The number of aromatic carboxylic acids is 1. The number of hydrogen-bond acceptors (Lipinski definition) is 3. The topological polar surface area (TPSA) is 69.9 Å². The standard InChI is InChI=1S/C15H21NO3S/c1-10(2)7-14-16-5-6-20(14)9-12-8-11(15(18)19)3-4-13(12)17/h3-4,8,10,17,20H,5-7,9H2,1-2H3,(H,18,19). The van der Waals surface area contributed by atoms with Crippen molar-refractivity contribution in [2.75, 3.05) is 12.3 Å². The fraction of sp³-hybridized carbons (Fsp3) is 0.467. The van der Waals surface area contributed by atoms with Gasteiger partial charge in [0.15, 0.2) is 0 Å². The fourth-order valence-electron chi connectivity index (χ4n) is 2.31. The second kappa shape index (κ2) is 6.31. The smallest absolute Gasteiger partial charge is 0.335 e. The predicted molar refractivity (Wildman–Crippen MR) is 84.4 cm³/mol. The molecule has 4 nitrogen and oxygen atoms in total. The van der Waals surface area contributed by atoms with Gasteiger partial charge in [0.25, 0.3) is 0 Å². The molecule has 20 heavy (non-hydrogen) atoms. The van der Waals surface area contributed by atoms with Crippen LogP contribution in [0.1, 0.15) is 36.2 Å². The van der Waals surface area contributed by atoms with Crippen molar-refractivity contribution in [1.29, 1.82) is 0 Å². The molecular weight excluding hydrogens is 274 g/mol. The van der Waals surface area contributed by atoms with Crippen LogP contribution in [0.5, 0.6) is 5.75 Å². The van der Waals surface area contributed by atoms with Gasteiger partial charge in [-0.15, -0.1) is 0 Å². The van der Waals surface area contributed by atoms with Crippen LogP contribution in [0, 0.1) is 5.92 Å². The van der Waals surface area contributed by atoms with Crippen molar-refractivity contribution in [2.24, 2.45) is 10.9 Å². The van der Waals surface area contributed by atoms with Crippen LogP contribution in [0.2, 0.25) is 0 Å². The predicted octanol–water partition coefficient (Wildman–Crippen LogP) is 3.05. The van der Waals surface area contributed by atoms with E-state index in [1.807, 2.05) is 0 Å². The lowest BCUT2D eigenvalue weighted by Crippen LogP contribution is -2.05. The van der Waals surface area contributed by atoms with E-state index in [1.54, 1.807) is 6.07 Å². The largest absolute Gasteiger partial charge is 0.508 e.